The minimum atomic E-state index is -0.198. The summed E-state index contributed by atoms with van der Waals surface area (Å²) in [6.07, 6.45) is 4.44. The predicted octanol–water partition coefficient (Wildman–Crippen LogP) is 2.29. The highest BCUT2D eigenvalue weighted by atomic mass is 35.5. The van der Waals surface area contributed by atoms with Gasteiger partial charge in [-0.15, -0.1) is 0 Å². The van der Waals surface area contributed by atoms with Crippen LogP contribution in [0, 0.1) is 5.92 Å². The molecule has 114 valence electrons. The van der Waals surface area contributed by atoms with Crippen LogP contribution in [0.15, 0.2) is 18.2 Å². The second kappa shape index (κ2) is 6.24. The maximum atomic E-state index is 11.4. The third-order valence-corrected chi connectivity index (χ3v) is 4.74. The molecule has 1 aliphatic carbocycles. The average molecular weight is 308 g/mol. The Morgan fingerprint density at radius 2 is 2.19 bits per heavy atom. The van der Waals surface area contributed by atoms with Crippen LogP contribution in [0.1, 0.15) is 31.2 Å². The molecule has 2 fully saturated rings. The number of nitrogens with two attached hydrogens (primary N) is 1. The van der Waals surface area contributed by atoms with E-state index < -0.39 is 0 Å². The van der Waals surface area contributed by atoms with E-state index >= 15 is 0 Å². The van der Waals surface area contributed by atoms with Gasteiger partial charge in [-0.2, -0.15) is 0 Å². The maximum Gasteiger partial charge on any atom is 0.222 e. The predicted molar refractivity (Wildman–Crippen MR) is 85.4 cm³/mol. The Morgan fingerprint density at radius 1 is 1.38 bits per heavy atom. The molecule has 2 aliphatic rings. The smallest absolute Gasteiger partial charge is 0.222 e. The van der Waals surface area contributed by atoms with Crippen molar-refractivity contribution in [3.63, 3.8) is 0 Å². The zero-order chi connectivity index (χ0) is 14.8. The van der Waals surface area contributed by atoms with Crippen LogP contribution in [-0.4, -0.2) is 25.0 Å². The van der Waals surface area contributed by atoms with E-state index in [1.165, 1.54) is 12.8 Å². The highest BCUT2D eigenvalue weighted by molar-refractivity contribution is 6.31. The number of benzene rings is 1. The van der Waals surface area contributed by atoms with Gasteiger partial charge in [0.2, 0.25) is 5.91 Å². The van der Waals surface area contributed by atoms with Crippen molar-refractivity contribution in [2.45, 2.75) is 38.3 Å². The molecule has 5 heteroatoms. The number of amides is 1. The Balaban J connectivity index is 1.67. The third-order valence-electron chi connectivity index (χ3n) is 4.38. The maximum absolute atomic E-state index is 11.4. The molecule has 1 aliphatic heterocycles. The zero-order valence-electron chi connectivity index (χ0n) is 12.1. The number of nitrogens with one attached hydrogen (secondary N) is 1. The largest absolute Gasteiger partial charge is 0.371 e. The van der Waals surface area contributed by atoms with Crippen molar-refractivity contribution in [2.24, 2.45) is 11.7 Å². The lowest BCUT2D eigenvalue weighted by Gasteiger charge is -2.33. The molecule has 21 heavy (non-hydrogen) atoms. The lowest BCUT2D eigenvalue weighted by atomic mass is 9.97. The van der Waals surface area contributed by atoms with E-state index in [9.17, 15) is 4.79 Å². The molecule has 0 radical (unpaired) electrons. The molecule has 1 aromatic rings. The van der Waals surface area contributed by atoms with E-state index in [4.69, 9.17) is 17.3 Å². The number of carbonyl (C=O) groups is 1. The van der Waals surface area contributed by atoms with E-state index in [0.29, 0.717) is 12.6 Å². The quantitative estimate of drug-likeness (QED) is 0.877. The van der Waals surface area contributed by atoms with Gasteiger partial charge < -0.3 is 16.0 Å². The normalized spacial score (nSPS) is 22.3. The minimum Gasteiger partial charge on any atom is -0.371 e. The first-order valence-electron chi connectivity index (χ1n) is 7.69. The number of piperidine rings is 1. The van der Waals surface area contributed by atoms with Crippen LogP contribution in [0.2, 0.25) is 5.02 Å². The van der Waals surface area contributed by atoms with Crippen LogP contribution < -0.4 is 16.0 Å². The summed E-state index contributed by atoms with van der Waals surface area (Å²) < 4.78 is 0. The van der Waals surface area contributed by atoms with Gasteiger partial charge in [0, 0.05) is 36.4 Å². The third kappa shape index (κ3) is 3.69. The fourth-order valence-corrected chi connectivity index (χ4v) is 3.10. The van der Waals surface area contributed by atoms with Crippen LogP contribution in [0.4, 0.5) is 5.69 Å². The summed E-state index contributed by atoms with van der Waals surface area (Å²) in [6.45, 7) is 2.48. The number of halogens is 1. The highest BCUT2D eigenvalue weighted by Gasteiger charge is 2.24. The Hall–Kier alpha value is -1.26. The Morgan fingerprint density at radius 3 is 2.86 bits per heavy atom. The summed E-state index contributed by atoms with van der Waals surface area (Å²) >= 11 is 6.39. The van der Waals surface area contributed by atoms with Gasteiger partial charge in [-0.05, 0) is 43.4 Å². The number of hydrogen-bond donors (Lipinski definition) is 2. The molecule has 1 atom stereocenters. The van der Waals surface area contributed by atoms with Crippen LogP contribution in [0.5, 0.6) is 0 Å². The van der Waals surface area contributed by atoms with Crippen molar-refractivity contribution >= 4 is 23.2 Å². The van der Waals surface area contributed by atoms with Gasteiger partial charge in [0.05, 0.1) is 5.92 Å². The number of rotatable bonds is 5. The molecule has 3 rings (SSSR count). The highest BCUT2D eigenvalue weighted by Crippen LogP contribution is 2.28. The number of nitrogens with zero attached hydrogens (tertiary/aromatic N) is 1. The fourth-order valence-electron chi connectivity index (χ4n) is 2.86. The van der Waals surface area contributed by atoms with Crippen LogP contribution in [0.3, 0.4) is 0 Å². The lowest BCUT2D eigenvalue weighted by Crippen LogP contribution is -2.41. The Kier molecular flexibility index (Phi) is 4.36. The van der Waals surface area contributed by atoms with Gasteiger partial charge in [-0.3, -0.25) is 4.79 Å². The van der Waals surface area contributed by atoms with E-state index in [-0.39, 0.29) is 11.8 Å². The summed E-state index contributed by atoms with van der Waals surface area (Å²) in [4.78, 5) is 13.6. The number of carbonyl (C=O) groups excluding carboxylic acids is 1. The van der Waals surface area contributed by atoms with Crippen LogP contribution >= 0.6 is 11.6 Å². The van der Waals surface area contributed by atoms with Crippen LogP contribution in [-0.2, 0) is 11.3 Å². The second-order valence-electron chi connectivity index (χ2n) is 6.12. The lowest BCUT2D eigenvalue weighted by molar-refractivity contribution is -0.122. The van der Waals surface area contributed by atoms with E-state index in [1.807, 2.05) is 6.07 Å². The fraction of sp³-hybridized carbons (Fsp3) is 0.562. The summed E-state index contributed by atoms with van der Waals surface area (Å²) in [5, 5.41) is 4.27. The molecule has 0 spiro atoms. The summed E-state index contributed by atoms with van der Waals surface area (Å²) in [5.41, 5.74) is 7.65. The molecule has 1 saturated carbocycles. The molecule has 1 heterocycles. The molecule has 1 aromatic carbocycles. The van der Waals surface area contributed by atoms with Crippen molar-refractivity contribution in [3.8, 4) is 0 Å². The minimum absolute atomic E-state index is 0.0475. The van der Waals surface area contributed by atoms with Gasteiger partial charge in [-0.1, -0.05) is 17.7 Å². The molecule has 1 amide bonds. The van der Waals surface area contributed by atoms with Gasteiger partial charge in [0.25, 0.3) is 0 Å². The first kappa shape index (κ1) is 14.7. The monoisotopic (exact) mass is 307 g/mol. The Labute approximate surface area is 130 Å². The van der Waals surface area contributed by atoms with E-state index in [1.54, 1.807) is 0 Å². The zero-order valence-corrected chi connectivity index (χ0v) is 12.9. The van der Waals surface area contributed by atoms with E-state index in [0.717, 1.165) is 42.2 Å². The standard InChI is InChI=1S/C16H22ClN3O/c17-15-8-14(6-3-11(15)9-19-13-4-5-13)20-7-1-2-12(10-20)16(18)21/h3,6,8,12-13,19H,1-2,4-5,7,9-10H2,(H2,18,21). The van der Waals surface area contributed by atoms with Crippen molar-refractivity contribution in [2.75, 3.05) is 18.0 Å². The molecule has 3 N–H and O–H groups in total. The SMILES string of the molecule is NC(=O)C1CCCN(c2ccc(CNC3CC3)c(Cl)c2)C1. The van der Waals surface area contributed by atoms with E-state index in [2.05, 4.69) is 22.3 Å². The number of anilines is 1. The molecule has 0 aromatic heterocycles. The van der Waals surface area contributed by atoms with Crippen molar-refractivity contribution in [3.05, 3.63) is 28.8 Å². The average Bonchev–Trinajstić information content (AvgIpc) is 3.30. The van der Waals surface area contributed by atoms with Crippen molar-refractivity contribution in [1.29, 1.82) is 0 Å². The van der Waals surface area contributed by atoms with Crippen LogP contribution in [0.25, 0.3) is 0 Å². The molecular formula is C16H22ClN3O. The summed E-state index contributed by atoms with van der Waals surface area (Å²) in [7, 11) is 0. The summed E-state index contributed by atoms with van der Waals surface area (Å²) in [5.74, 6) is -0.246. The molecular weight excluding hydrogens is 286 g/mol. The molecule has 4 nitrogen and oxygen atoms in total. The van der Waals surface area contributed by atoms with Crippen molar-refractivity contribution in [1.82, 2.24) is 5.32 Å². The van der Waals surface area contributed by atoms with Crippen molar-refractivity contribution < 1.29 is 4.79 Å². The Bertz CT molecular complexity index is 530. The number of hydrogen-bond acceptors (Lipinski definition) is 3. The molecule has 0 bridgehead atoms. The van der Waals surface area contributed by atoms with Gasteiger partial charge in [-0.25, -0.2) is 0 Å². The molecule has 1 saturated heterocycles. The topological polar surface area (TPSA) is 58.4 Å². The number of primary amides is 1. The summed E-state index contributed by atoms with van der Waals surface area (Å²) in [6, 6.07) is 6.87. The second-order valence-corrected chi connectivity index (χ2v) is 6.53. The van der Waals surface area contributed by atoms with Gasteiger partial charge in [0.15, 0.2) is 0 Å². The first-order chi connectivity index (χ1) is 10.1. The first-order valence-corrected chi connectivity index (χ1v) is 8.07. The molecule has 1 unspecified atom stereocenters. The van der Waals surface area contributed by atoms with Gasteiger partial charge >= 0.3 is 0 Å². The van der Waals surface area contributed by atoms with Gasteiger partial charge in [0.1, 0.15) is 0 Å².